The summed E-state index contributed by atoms with van der Waals surface area (Å²) in [6.07, 6.45) is 2.99. The highest BCUT2D eigenvalue weighted by molar-refractivity contribution is 5.20. The lowest BCUT2D eigenvalue weighted by molar-refractivity contribution is 0.253. The van der Waals surface area contributed by atoms with Gasteiger partial charge >= 0.3 is 0 Å². The van der Waals surface area contributed by atoms with Crippen LogP contribution in [0.2, 0.25) is 0 Å². The summed E-state index contributed by atoms with van der Waals surface area (Å²) >= 11 is 0. The molecule has 0 saturated carbocycles. The van der Waals surface area contributed by atoms with Gasteiger partial charge in [-0.2, -0.15) is 5.10 Å². The lowest BCUT2D eigenvalue weighted by atomic mass is 9.82. The van der Waals surface area contributed by atoms with Crippen molar-refractivity contribution in [1.29, 1.82) is 0 Å². The van der Waals surface area contributed by atoms with Gasteiger partial charge in [-0.05, 0) is 5.41 Å². The Kier molecular flexibility index (Phi) is 1.91. The summed E-state index contributed by atoms with van der Waals surface area (Å²) in [6, 6.07) is 0.556. The SMILES string of the molecule is CC(C)(C)C1Cc2[nH]ncc2CN1. The van der Waals surface area contributed by atoms with Crippen molar-refractivity contribution < 1.29 is 0 Å². The Hall–Kier alpha value is -0.830. The fourth-order valence-electron chi connectivity index (χ4n) is 1.79. The van der Waals surface area contributed by atoms with Crippen LogP contribution in [0.25, 0.3) is 0 Å². The van der Waals surface area contributed by atoms with Gasteiger partial charge in [-0.15, -0.1) is 0 Å². The van der Waals surface area contributed by atoms with Crippen LogP contribution in [0.1, 0.15) is 32.0 Å². The van der Waals surface area contributed by atoms with Gasteiger partial charge in [0.1, 0.15) is 0 Å². The van der Waals surface area contributed by atoms with Crippen LogP contribution in [0.5, 0.6) is 0 Å². The van der Waals surface area contributed by atoms with E-state index in [4.69, 9.17) is 0 Å². The Balaban J connectivity index is 2.18. The second kappa shape index (κ2) is 2.84. The number of fused-ring (bicyclic) bond motifs is 1. The average molecular weight is 179 g/mol. The highest BCUT2D eigenvalue weighted by atomic mass is 15.1. The van der Waals surface area contributed by atoms with Crippen LogP contribution in [0.15, 0.2) is 6.20 Å². The molecule has 3 nitrogen and oxygen atoms in total. The van der Waals surface area contributed by atoms with Gasteiger partial charge in [-0.3, -0.25) is 5.10 Å². The predicted molar refractivity (Wildman–Crippen MR) is 52.4 cm³/mol. The molecule has 0 aliphatic carbocycles. The van der Waals surface area contributed by atoms with E-state index in [9.17, 15) is 0 Å². The van der Waals surface area contributed by atoms with Gasteiger partial charge in [-0.1, -0.05) is 20.8 Å². The van der Waals surface area contributed by atoms with E-state index in [0.29, 0.717) is 11.5 Å². The molecule has 72 valence electrons. The molecule has 2 heterocycles. The van der Waals surface area contributed by atoms with Crippen LogP contribution in [0.4, 0.5) is 0 Å². The standard InChI is InChI=1S/C10H17N3/c1-10(2,3)9-4-8-7(5-11-9)6-12-13-8/h6,9,11H,4-5H2,1-3H3,(H,12,13). The van der Waals surface area contributed by atoms with E-state index < -0.39 is 0 Å². The zero-order chi connectivity index (χ0) is 9.47. The molecule has 0 radical (unpaired) electrons. The van der Waals surface area contributed by atoms with Crippen LogP contribution in [0, 0.1) is 5.41 Å². The number of nitrogens with one attached hydrogen (secondary N) is 2. The molecule has 2 rings (SSSR count). The number of rotatable bonds is 0. The van der Waals surface area contributed by atoms with Crippen LogP contribution in [-0.2, 0) is 13.0 Å². The third-order valence-corrected chi connectivity index (χ3v) is 2.80. The van der Waals surface area contributed by atoms with E-state index in [0.717, 1.165) is 13.0 Å². The molecule has 13 heavy (non-hydrogen) atoms. The Morgan fingerprint density at radius 2 is 2.23 bits per heavy atom. The van der Waals surface area contributed by atoms with E-state index in [1.807, 2.05) is 6.20 Å². The second-order valence-electron chi connectivity index (χ2n) is 4.88. The van der Waals surface area contributed by atoms with Gasteiger partial charge in [-0.25, -0.2) is 0 Å². The topological polar surface area (TPSA) is 40.7 Å². The minimum atomic E-state index is 0.322. The number of nitrogens with zero attached hydrogens (tertiary/aromatic N) is 1. The van der Waals surface area contributed by atoms with E-state index in [2.05, 4.69) is 36.3 Å². The maximum Gasteiger partial charge on any atom is 0.0535 e. The summed E-state index contributed by atoms with van der Waals surface area (Å²) in [7, 11) is 0. The molecule has 3 heteroatoms. The summed E-state index contributed by atoms with van der Waals surface area (Å²) in [5.41, 5.74) is 2.95. The van der Waals surface area contributed by atoms with E-state index >= 15 is 0 Å². The van der Waals surface area contributed by atoms with Crippen molar-refractivity contribution in [3.8, 4) is 0 Å². The minimum Gasteiger partial charge on any atom is -0.309 e. The van der Waals surface area contributed by atoms with Crippen molar-refractivity contribution >= 4 is 0 Å². The molecule has 1 aromatic rings. The normalized spacial score (nSPS) is 22.8. The molecule has 1 aromatic heterocycles. The zero-order valence-corrected chi connectivity index (χ0v) is 8.52. The Morgan fingerprint density at radius 1 is 1.46 bits per heavy atom. The fraction of sp³-hybridized carbons (Fsp3) is 0.700. The van der Waals surface area contributed by atoms with E-state index in [1.165, 1.54) is 11.3 Å². The molecule has 0 saturated heterocycles. The third kappa shape index (κ3) is 1.61. The largest absolute Gasteiger partial charge is 0.309 e. The van der Waals surface area contributed by atoms with E-state index in [-0.39, 0.29) is 0 Å². The first-order chi connectivity index (χ1) is 6.07. The van der Waals surface area contributed by atoms with Crippen LogP contribution >= 0.6 is 0 Å². The smallest absolute Gasteiger partial charge is 0.0535 e. The van der Waals surface area contributed by atoms with Gasteiger partial charge in [0.05, 0.1) is 6.20 Å². The quantitative estimate of drug-likeness (QED) is 0.633. The highest BCUT2D eigenvalue weighted by Gasteiger charge is 2.28. The molecule has 0 amide bonds. The van der Waals surface area contributed by atoms with Crippen molar-refractivity contribution in [2.24, 2.45) is 5.41 Å². The monoisotopic (exact) mass is 179 g/mol. The first kappa shape index (κ1) is 8.75. The van der Waals surface area contributed by atoms with Crippen molar-refractivity contribution in [2.45, 2.75) is 39.8 Å². The molecular weight excluding hydrogens is 162 g/mol. The number of aromatic amines is 1. The predicted octanol–water partition coefficient (Wildman–Crippen LogP) is 1.47. The van der Waals surface area contributed by atoms with Crippen molar-refractivity contribution in [2.75, 3.05) is 0 Å². The summed E-state index contributed by atoms with van der Waals surface area (Å²) < 4.78 is 0. The summed E-state index contributed by atoms with van der Waals surface area (Å²) in [6.45, 7) is 7.76. The van der Waals surface area contributed by atoms with Gasteiger partial charge in [0, 0.05) is 30.3 Å². The Morgan fingerprint density at radius 3 is 2.92 bits per heavy atom. The Bertz CT molecular complexity index is 295. The van der Waals surface area contributed by atoms with Crippen molar-refractivity contribution in [1.82, 2.24) is 15.5 Å². The molecule has 1 aliphatic heterocycles. The molecule has 0 fully saturated rings. The lowest BCUT2D eigenvalue weighted by Crippen LogP contribution is -2.44. The molecular formula is C10H17N3. The van der Waals surface area contributed by atoms with Crippen molar-refractivity contribution in [3.05, 3.63) is 17.5 Å². The maximum atomic E-state index is 4.06. The fourth-order valence-corrected chi connectivity index (χ4v) is 1.79. The third-order valence-electron chi connectivity index (χ3n) is 2.80. The molecule has 0 bridgehead atoms. The van der Waals surface area contributed by atoms with Gasteiger partial charge < -0.3 is 5.32 Å². The first-order valence-corrected chi connectivity index (χ1v) is 4.82. The zero-order valence-electron chi connectivity index (χ0n) is 8.52. The molecule has 0 spiro atoms. The average Bonchev–Trinajstić information content (AvgIpc) is 2.47. The molecule has 1 aliphatic rings. The number of hydrogen-bond donors (Lipinski definition) is 2. The Labute approximate surface area is 78.9 Å². The van der Waals surface area contributed by atoms with Gasteiger partial charge in [0.2, 0.25) is 0 Å². The molecule has 0 aromatic carbocycles. The van der Waals surface area contributed by atoms with Crippen molar-refractivity contribution in [3.63, 3.8) is 0 Å². The lowest BCUT2D eigenvalue weighted by Gasteiger charge is -2.34. The summed E-state index contributed by atoms with van der Waals surface area (Å²) in [5.74, 6) is 0. The molecule has 1 atom stereocenters. The summed E-state index contributed by atoms with van der Waals surface area (Å²) in [5, 5.41) is 10.7. The van der Waals surface area contributed by atoms with Crippen LogP contribution < -0.4 is 5.32 Å². The van der Waals surface area contributed by atoms with Gasteiger partial charge in [0.25, 0.3) is 0 Å². The number of H-pyrrole nitrogens is 1. The first-order valence-electron chi connectivity index (χ1n) is 4.82. The number of hydrogen-bond acceptors (Lipinski definition) is 2. The molecule has 1 unspecified atom stereocenters. The van der Waals surface area contributed by atoms with Crippen LogP contribution in [-0.4, -0.2) is 16.2 Å². The number of aromatic nitrogens is 2. The van der Waals surface area contributed by atoms with Crippen LogP contribution in [0.3, 0.4) is 0 Å². The molecule has 2 N–H and O–H groups in total. The highest BCUT2D eigenvalue weighted by Crippen LogP contribution is 2.26. The summed E-state index contributed by atoms with van der Waals surface area (Å²) in [4.78, 5) is 0. The maximum absolute atomic E-state index is 4.06. The minimum absolute atomic E-state index is 0.322. The van der Waals surface area contributed by atoms with Gasteiger partial charge in [0.15, 0.2) is 0 Å². The second-order valence-corrected chi connectivity index (χ2v) is 4.88. The van der Waals surface area contributed by atoms with E-state index in [1.54, 1.807) is 0 Å².